The number of carbonyl (C=O) groups excluding carboxylic acids is 2. The minimum Gasteiger partial charge on any atom is -0.491 e. The summed E-state index contributed by atoms with van der Waals surface area (Å²) in [5, 5.41) is 11.6. The molecule has 0 atom stereocenters. The Bertz CT molecular complexity index is 1040. The lowest BCUT2D eigenvalue weighted by Crippen LogP contribution is -2.20. The van der Waals surface area contributed by atoms with Crippen LogP contribution in [0.3, 0.4) is 0 Å². The highest BCUT2D eigenvalue weighted by Gasteiger charge is 2.12. The molecule has 0 unspecified atom stereocenters. The van der Waals surface area contributed by atoms with Crippen LogP contribution in [0.15, 0.2) is 40.9 Å². The number of hydrogen-bond acceptors (Lipinski definition) is 9. The lowest BCUT2D eigenvalue weighted by Gasteiger charge is -2.12. The highest BCUT2D eigenvalue weighted by Crippen LogP contribution is 2.30. The Labute approximate surface area is 181 Å². The van der Waals surface area contributed by atoms with E-state index in [0.717, 1.165) is 15.0 Å². The molecule has 2 amide bonds. The second-order valence-corrected chi connectivity index (χ2v) is 8.38. The van der Waals surface area contributed by atoms with Gasteiger partial charge in [-0.15, -0.1) is 10.2 Å². The van der Waals surface area contributed by atoms with Crippen LogP contribution in [0.25, 0.3) is 0 Å². The first-order valence-electron chi connectivity index (χ1n) is 8.73. The van der Waals surface area contributed by atoms with Crippen LogP contribution in [0.2, 0.25) is 0 Å². The van der Waals surface area contributed by atoms with E-state index in [1.807, 2.05) is 6.92 Å². The normalized spacial score (nSPS) is 10.5. The van der Waals surface area contributed by atoms with Crippen LogP contribution in [-0.2, 0) is 10.5 Å². The number of primary amides is 1. The Kier molecular flexibility index (Phi) is 7.20. The van der Waals surface area contributed by atoms with Gasteiger partial charge in [-0.1, -0.05) is 23.1 Å². The van der Waals surface area contributed by atoms with E-state index in [2.05, 4.69) is 20.5 Å². The molecule has 0 bridgehead atoms. The van der Waals surface area contributed by atoms with Gasteiger partial charge < -0.3 is 20.5 Å². The van der Waals surface area contributed by atoms with Crippen molar-refractivity contribution in [1.29, 1.82) is 0 Å². The van der Waals surface area contributed by atoms with Gasteiger partial charge in [-0.2, -0.15) is 0 Å². The highest BCUT2D eigenvalue weighted by atomic mass is 32.2. The molecule has 3 rings (SSSR count). The van der Waals surface area contributed by atoms with Crippen molar-refractivity contribution in [3.63, 3.8) is 0 Å². The van der Waals surface area contributed by atoms with E-state index in [0.29, 0.717) is 28.5 Å². The third kappa shape index (κ3) is 5.91. The molecular formula is C19H19N5O4S2. The van der Waals surface area contributed by atoms with Gasteiger partial charge in [-0.05, 0) is 31.2 Å². The third-order valence-corrected chi connectivity index (χ3v) is 5.78. The molecular weight excluding hydrogens is 426 g/mol. The number of rotatable bonds is 9. The molecule has 0 fully saturated rings. The zero-order valence-corrected chi connectivity index (χ0v) is 17.9. The summed E-state index contributed by atoms with van der Waals surface area (Å²) in [6.07, 6.45) is 1.55. The zero-order chi connectivity index (χ0) is 21.5. The van der Waals surface area contributed by atoms with Crippen molar-refractivity contribution in [3.8, 4) is 11.5 Å². The van der Waals surface area contributed by atoms with Crippen LogP contribution >= 0.6 is 23.1 Å². The number of methoxy groups -OCH3 is 1. The molecule has 156 valence electrons. The second kappa shape index (κ2) is 10.0. The zero-order valence-electron chi connectivity index (χ0n) is 16.2. The predicted octanol–water partition coefficient (Wildman–Crippen LogP) is 2.66. The number of amides is 2. The van der Waals surface area contributed by atoms with Gasteiger partial charge in [0.25, 0.3) is 5.91 Å². The number of thioether (sulfide) groups is 1. The predicted molar refractivity (Wildman–Crippen MR) is 114 cm³/mol. The molecule has 3 N–H and O–H groups in total. The fourth-order valence-corrected chi connectivity index (χ4v) is 4.06. The lowest BCUT2D eigenvalue weighted by atomic mass is 10.2. The number of pyridine rings is 1. The Hall–Kier alpha value is -3.18. The third-order valence-electron chi connectivity index (χ3n) is 3.77. The number of hydrogen-bond donors (Lipinski definition) is 2. The number of benzene rings is 1. The van der Waals surface area contributed by atoms with Gasteiger partial charge in [0.2, 0.25) is 5.91 Å². The molecule has 0 saturated heterocycles. The van der Waals surface area contributed by atoms with Crippen molar-refractivity contribution in [1.82, 2.24) is 15.2 Å². The number of anilines is 1. The van der Waals surface area contributed by atoms with Crippen LogP contribution in [0.1, 0.15) is 21.1 Å². The molecule has 0 aliphatic rings. The largest absolute Gasteiger partial charge is 0.491 e. The van der Waals surface area contributed by atoms with E-state index in [-0.39, 0.29) is 12.5 Å². The summed E-state index contributed by atoms with van der Waals surface area (Å²) in [6, 6.07) is 7.99. The van der Waals surface area contributed by atoms with Crippen molar-refractivity contribution in [3.05, 3.63) is 52.8 Å². The van der Waals surface area contributed by atoms with Crippen molar-refractivity contribution >= 4 is 40.6 Å². The summed E-state index contributed by atoms with van der Waals surface area (Å²) in [6.45, 7) is 1.68. The lowest BCUT2D eigenvalue weighted by molar-refractivity contribution is -0.118. The number of nitrogens with one attached hydrogen (secondary N) is 1. The average molecular weight is 446 g/mol. The van der Waals surface area contributed by atoms with Crippen LogP contribution in [-0.4, -0.2) is 40.7 Å². The van der Waals surface area contributed by atoms with Gasteiger partial charge in [-0.3, -0.25) is 14.6 Å². The van der Waals surface area contributed by atoms with Crippen LogP contribution in [0, 0.1) is 6.92 Å². The summed E-state index contributed by atoms with van der Waals surface area (Å²) in [7, 11) is 1.50. The number of aryl methyl sites for hydroxylation is 1. The molecule has 0 spiro atoms. The molecule has 2 heterocycles. The molecule has 0 aliphatic carbocycles. The molecule has 9 nitrogen and oxygen atoms in total. The molecule has 0 saturated carbocycles. The second-order valence-electron chi connectivity index (χ2n) is 5.98. The average Bonchev–Trinajstić information content (AvgIpc) is 3.16. The van der Waals surface area contributed by atoms with Crippen molar-refractivity contribution in [2.45, 2.75) is 17.0 Å². The standard InChI is InChI=1S/C19H19N5O4S2/c1-11-23-24-19(30-11)29-10-14-7-15(16(27-2)8-21-14)28-9-17(25)22-13-5-3-12(4-6-13)18(20)26/h3-8H,9-10H2,1-2H3,(H2,20,26)(H,22,25). The quantitative estimate of drug-likeness (QED) is 0.481. The van der Waals surface area contributed by atoms with Crippen molar-refractivity contribution < 1.29 is 19.1 Å². The number of nitrogens with zero attached hydrogens (tertiary/aromatic N) is 3. The summed E-state index contributed by atoms with van der Waals surface area (Å²) in [4.78, 5) is 27.6. The first-order valence-corrected chi connectivity index (χ1v) is 10.5. The summed E-state index contributed by atoms with van der Waals surface area (Å²) in [5.74, 6) is 0.523. The topological polar surface area (TPSA) is 129 Å². The van der Waals surface area contributed by atoms with Crippen LogP contribution in [0.5, 0.6) is 11.5 Å². The van der Waals surface area contributed by atoms with E-state index in [1.54, 1.807) is 24.4 Å². The number of nitrogens with two attached hydrogens (primary N) is 1. The van der Waals surface area contributed by atoms with Gasteiger partial charge in [0.15, 0.2) is 22.4 Å². The first kappa shape index (κ1) is 21.5. The van der Waals surface area contributed by atoms with E-state index in [9.17, 15) is 9.59 Å². The SMILES string of the molecule is COc1cnc(CSc2nnc(C)s2)cc1OCC(=O)Nc1ccc(C(N)=O)cc1. The van der Waals surface area contributed by atoms with Gasteiger partial charge in [0.05, 0.1) is 19.0 Å². The van der Waals surface area contributed by atoms with Gasteiger partial charge >= 0.3 is 0 Å². The summed E-state index contributed by atoms with van der Waals surface area (Å²) >= 11 is 3.03. The van der Waals surface area contributed by atoms with Gasteiger partial charge in [-0.25, -0.2) is 0 Å². The molecule has 0 aliphatic heterocycles. The highest BCUT2D eigenvalue weighted by molar-refractivity contribution is 8.00. The smallest absolute Gasteiger partial charge is 0.262 e. The minimum atomic E-state index is -0.531. The summed E-state index contributed by atoms with van der Waals surface area (Å²) < 4.78 is 11.8. The Balaban J connectivity index is 1.58. The Morgan fingerprint density at radius 1 is 1.20 bits per heavy atom. The molecule has 1 aromatic carbocycles. The maximum absolute atomic E-state index is 12.2. The van der Waals surface area contributed by atoms with Gasteiger partial charge in [0.1, 0.15) is 5.01 Å². The maximum atomic E-state index is 12.2. The van der Waals surface area contributed by atoms with Crippen LogP contribution in [0.4, 0.5) is 5.69 Å². The minimum absolute atomic E-state index is 0.222. The fraction of sp³-hybridized carbons (Fsp3) is 0.211. The Morgan fingerprint density at radius 2 is 1.97 bits per heavy atom. The van der Waals surface area contributed by atoms with E-state index in [1.165, 1.54) is 42.3 Å². The molecule has 30 heavy (non-hydrogen) atoms. The number of ether oxygens (including phenoxy) is 2. The van der Waals surface area contributed by atoms with Crippen molar-refractivity contribution in [2.24, 2.45) is 5.73 Å². The number of aromatic nitrogens is 3. The summed E-state index contributed by atoms with van der Waals surface area (Å²) in [5.41, 5.74) is 6.85. The Morgan fingerprint density at radius 3 is 2.60 bits per heavy atom. The molecule has 0 radical (unpaired) electrons. The van der Waals surface area contributed by atoms with E-state index >= 15 is 0 Å². The molecule has 2 aromatic heterocycles. The number of carbonyl (C=O) groups is 2. The van der Waals surface area contributed by atoms with E-state index < -0.39 is 5.91 Å². The first-order chi connectivity index (χ1) is 14.4. The molecule has 3 aromatic rings. The maximum Gasteiger partial charge on any atom is 0.262 e. The van der Waals surface area contributed by atoms with Crippen LogP contribution < -0.4 is 20.5 Å². The monoisotopic (exact) mass is 445 g/mol. The van der Waals surface area contributed by atoms with E-state index in [4.69, 9.17) is 15.2 Å². The van der Waals surface area contributed by atoms with Crippen molar-refractivity contribution in [2.75, 3.05) is 19.0 Å². The molecule has 11 heteroatoms. The van der Waals surface area contributed by atoms with Gasteiger partial charge in [0, 0.05) is 23.1 Å². The fourth-order valence-electron chi connectivity index (χ4n) is 2.34.